The van der Waals surface area contributed by atoms with Crippen LogP contribution in [0.4, 0.5) is 0 Å². The summed E-state index contributed by atoms with van der Waals surface area (Å²) in [5.41, 5.74) is 3.73. The second-order valence-corrected chi connectivity index (χ2v) is 5.60. The minimum Gasteiger partial charge on any atom is -0.192 e. The molecule has 0 radical (unpaired) electrons. The quantitative estimate of drug-likeness (QED) is 0.676. The SMILES string of the molecule is CCCC1CC=C(CCc2ccc(C#N)cc2)CC1. The van der Waals surface area contributed by atoms with Crippen LogP contribution in [0.5, 0.6) is 0 Å². The summed E-state index contributed by atoms with van der Waals surface area (Å²) >= 11 is 0. The molecule has 0 aliphatic heterocycles. The molecule has 19 heavy (non-hydrogen) atoms. The zero-order chi connectivity index (χ0) is 13.5. The lowest BCUT2D eigenvalue weighted by molar-refractivity contribution is 0.428. The van der Waals surface area contributed by atoms with Crippen LogP contribution in [-0.4, -0.2) is 0 Å². The van der Waals surface area contributed by atoms with Gasteiger partial charge in [0.2, 0.25) is 0 Å². The van der Waals surface area contributed by atoms with E-state index in [0.717, 1.165) is 17.9 Å². The summed E-state index contributed by atoms with van der Waals surface area (Å²) < 4.78 is 0. The molecule has 1 heteroatoms. The molecule has 1 aromatic rings. The monoisotopic (exact) mass is 253 g/mol. The highest BCUT2D eigenvalue weighted by Crippen LogP contribution is 2.29. The maximum atomic E-state index is 8.77. The van der Waals surface area contributed by atoms with Crippen molar-refractivity contribution in [3.05, 3.63) is 47.0 Å². The van der Waals surface area contributed by atoms with E-state index in [1.54, 1.807) is 5.57 Å². The molecule has 0 heterocycles. The van der Waals surface area contributed by atoms with Gasteiger partial charge in [0.05, 0.1) is 11.6 Å². The summed E-state index contributed by atoms with van der Waals surface area (Å²) in [5.74, 6) is 0.934. The second-order valence-electron chi connectivity index (χ2n) is 5.60. The third kappa shape index (κ3) is 4.24. The van der Waals surface area contributed by atoms with Crippen LogP contribution in [-0.2, 0) is 6.42 Å². The van der Waals surface area contributed by atoms with Gasteiger partial charge in [0.15, 0.2) is 0 Å². The summed E-state index contributed by atoms with van der Waals surface area (Å²) in [6.07, 6.45) is 11.4. The number of hydrogen-bond acceptors (Lipinski definition) is 1. The molecule has 1 nitrogen and oxygen atoms in total. The van der Waals surface area contributed by atoms with E-state index in [4.69, 9.17) is 5.26 Å². The van der Waals surface area contributed by atoms with Crippen molar-refractivity contribution < 1.29 is 0 Å². The standard InChI is InChI=1S/C18H23N/c1-2-3-15-4-6-16(7-5-15)8-9-17-10-12-18(14-19)13-11-17/h6,10-13,15H,2-5,7-9H2,1H3. The van der Waals surface area contributed by atoms with Crippen LogP contribution in [0.3, 0.4) is 0 Å². The van der Waals surface area contributed by atoms with Gasteiger partial charge in [-0.25, -0.2) is 0 Å². The van der Waals surface area contributed by atoms with E-state index in [-0.39, 0.29) is 0 Å². The Labute approximate surface area is 117 Å². The summed E-state index contributed by atoms with van der Waals surface area (Å²) in [6.45, 7) is 2.28. The third-order valence-corrected chi connectivity index (χ3v) is 4.13. The average molecular weight is 253 g/mol. The van der Waals surface area contributed by atoms with Crippen molar-refractivity contribution in [2.24, 2.45) is 5.92 Å². The zero-order valence-electron chi connectivity index (χ0n) is 11.9. The Hall–Kier alpha value is -1.55. The highest BCUT2D eigenvalue weighted by Gasteiger charge is 2.13. The molecule has 0 aromatic heterocycles. The predicted molar refractivity (Wildman–Crippen MR) is 79.8 cm³/mol. The van der Waals surface area contributed by atoms with Gasteiger partial charge < -0.3 is 0 Å². The van der Waals surface area contributed by atoms with Gasteiger partial charge in [-0.15, -0.1) is 0 Å². The number of nitriles is 1. The van der Waals surface area contributed by atoms with Gasteiger partial charge in [0.1, 0.15) is 0 Å². The fourth-order valence-electron chi connectivity index (χ4n) is 2.89. The lowest BCUT2D eigenvalue weighted by atomic mass is 9.85. The van der Waals surface area contributed by atoms with Crippen molar-refractivity contribution in [3.8, 4) is 6.07 Å². The zero-order valence-corrected chi connectivity index (χ0v) is 11.9. The molecular formula is C18H23N. The van der Waals surface area contributed by atoms with Crippen LogP contribution in [0.25, 0.3) is 0 Å². The summed E-state index contributed by atoms with van der Waals surface area (Å²) in [7, 11) is 0. The van der Waals surface area contributed by atoms with E-state index in [1.165, 1.54) is 44.1 Å². The maximum Gasteiger partial charge on any atom is 0.0991 e. The van der Waals surface area contributed by atoms with Crippen molar-refractivity contribution in [1.29, 1.82) is 5.26 Å². The minimum atomic E-state index is 0.753. The first-order chi connectivity index (χ1) is 9.31. The topological polar surface area (TPSA) is 23.8 Å². The van der Waals surface area contributed by atoms with E-state index in [1.807, 2.05) is 12.1 Å². The Bertz CT molecular complexity index is 461. The van der Waals surface area contributed by atoms with Crippen LogP contribution in [0.1, 0.15) is 56.6 Å². The molecular weight excluding hydrogens is 230 g/mol. The highest BCUT2D eigenvalue weighted by atomic mass is 14.2. The molecule has 0 fully saturated rings. The first-order valence-corrected chi connectivity index (χ1v) is 7.48. The highest BCUT2D eigenvalue weighted by molar-refractivity contribution is 5.31. The average Bonchev–Trinajstić information content (AvgIpc) is 2.47. The first kappa shape index (κ1) is 13.9. The van der Waals surface area contributed by atoms with E-state index in [0.29, 0.717) is 0 Å². The minimum absolute atomic E-state index is 0.753. The number of allylic oxidation sites excluding steroid dienone is 2. The Morgan fingerprint density at radius 2 is 2.00 bits per heavy atom. The molecule has 0 bridgehead atoms. The smallest absolute Gasteiger partial charge is 0.0991 e. The van der Waals surface area contributed by atoms with Gasteiger partial charge in [-0.1, -0.05) is 43.5 Å². The molecule has 0 amide bonds. The van der Waals surface area contributed by atoms with E-state index < -0.39 is 0 Å². The molecule has 2 rings (SSSR count). The van der Waals surface area contributed by atoms with E-state index in [9.17, 15) is 0 Å². The van der Waals surface area contributed by atoms with Crippen molar-refractivity contribution in [3.63, 3.8) is 0 Å². The van der Waals surface area contributed by atoms with Crippen LogP contribution < -0.4 is 0 Å². The number of hydrogen-bond donors (Lipinski definition) is 0. The molecule has 100 valence electrons. The van der Waals surface area contributed by atoms with Gasteiger partial charge in [-0.3, -0.25) is 0 Å². The summed E-state index contributed by atoms with van der Waals surface area (Å²) in [6, 6.07) is 10.2. The molecule has 1 aliphatic carbocycles. The van der Waals surface area contributed by atoms with E-state index in [2.05, 4.69) is 31.2 Å². The van der Waals surface area contributed by atoms with Gasteiger partial charge in [0, 0.05) is 0 Å². The fourth-order valence-corrected chi connectivity index (χ4v) is 2.89. The van der Waals surface area contributed by atoms with Crippen molar-refractivity contribution in [2.45, 2.75) is 51.9 Å². The van der Waals surface area contributed by atoms with Crippen LogP contribution in [0, 0.1) is 17.2 Å². The van der Waals surface area contributed by atoms with Crippen LogP contribution in [0.15, 0.2) is 35.9 Å². The van der Waals surface area contributed by atoms with E-state index >= 15 is 0 Å². The van der Waals surface area contributed by atoms with Gasteiger partial charge >= 0.3 is 0 Å². The number of aryl methyl sites for hydroxylation is 1. The second kappa shape index (κ2) is 7.14. The lowest BCUT2D eigenvalue weighted by Gasteiger charge is -2.21. The Kier molecular flexibility index (Phi) is 5.21. The number of benzene rings is 1. The first-order valence-electron chi connectivity index (χ1n) is 7.48. The predicted octanol–water partition coefficient (Wildman–Crippen LogP) is 5.02. The fraction of sp³-hybridized carbons (Fsp3) is 0.500. The molecule has 0 saturated heterocycles. The van der Waals surface area contributed by atoms with Gasteiger partial charge in [-0.05, 0) is 55.7 Å². The third-order valence-electron chi connectivity index (χ3n) is 4.13. The Morgan fingerprint density at radius 1 is 1.21 bits per heavy atom. The van der Waals surface area contributed by atoms with Crippen molar-refractivity contribution >= 4 is 0 Å². The molecule has 0 spiro atoms. The summed E-state index contributed by atoms with van der Waals surface area (Å²) in [5, 5.41) is 8.77. The Balaban J connectivity index is 1.81. The molecule has 1 unspecified atom stereocenters. The Morgan fingerprint density at radius 3 is 2.58 bits per heavy atom. The molecule has 0 saturated carbocycles. The van der Waals surface area contributed by atoms with Gasteiger partial charge in [0.25, 0.3) is 0 Å². The number of nitrogens with zero attached hydrogens (tertiary/aromatic N) is 1. The van der Waals surface area contributed by atoms with Crippen LogP contribution in [0.2, 0.25) is 0 Å². The molecule has 0 N–H and O–H groups in total. The normalized spacial score (nSPS) is 18.7. The maximum absolute atomic E-state index is 8.77. The van der Waals surface area contributed by atoms with Crippen molar-refractivity contribution in [2.75, 3.05) is 0 Å². The largest absolute Gasteiger partial charge is 0.192 e. The van der Waals surface area contributed by atoms with Crippen LogP contribution >= 0.6 is 0 Å². The van der Waals surface area contributed by atoms with Gasteiger partial charge in [-0.2, -0.15) is 5.26 Å². The number of rotatable bonds is 5. The molecule has 1 aromatic carbocycles. The summed E-state index contributed by atoms with van der Waals surface area (Å²) in [4.78, 5) is 0. The molecule has 1 atom stereocenters. The lowest BCUT2D eigenvalue weighted by Crippen LogP contribution is -2.06. The molecule has 1 aliphatic rings. The van der Waals surface area contributed by atoms with Crippen molar-refractivity contribution in [1.82, 2.24) is 0 Å².